The van der Waals surface area contributed by atoms with Gasteiger partial charge in [-0.05, 0) is 85.8 Å². The number of nitrogens with two attached hydrogens (primary N) is 2. The third kappa shape index (κ3) is 8.08. The van der Waals surface area contributed by atoms with Crippen LogP contribution in [0.15, 0.2) is 115 Å². The van der Waals surface area contributed by atoms with Gasteiger partial charge in [-0.2, -0.15) is 0 Å². The zero-order chi connectivity index (χ0) is 37.7. The molecule has 11 heteroatoms. The summed E-state index contributed by atoms with van der Waals surface area (Å²) in [5.74, 6) is 1.42. The van der Waals surface area contributed by atoms with E-state index in [9.17, 15) is 10.2 Å². The van der Waals surface area contributed by atoms with Gasteiger partial charge in [-0.25, -0.2) is 0 Å². The first-order valence-corrected chi connectivity index (χ1v) is 19.0. The third-order valence-electron chi connectivity index (χ3n) is 10.8. The normalized spacial score (nSPS) is 18.5. The lowest BCUT2D eigenvalue weighted by atomic mass is 9.87. The van der Waals surface area contributed by atoms with Crippen LogP contribution >= 0.6 is 0 Å². The molecular weight excluding hydrogens is 689 g/mol. The van der Waals surface area contributed by atoms with Gasteiger partial charge >= 0.3 is 0 Å². The Hall–Kier alpha value is -6.04. The van der Waals surface area contributed by atoms with Gasteiger partial charge in [-0.1, -0.05) is 78.9 Å². The molecule has 8 rings (SSSR count). The minimum absolute atomic E-state index is 0.0388. The number of anilines is 2. The van der Waals surface area contributed by atoms with Crippen LogP contribution in [0.3, 0.4) is 0 Å². The predicted octanol–water partition coefficient (Wildman–Crippen LogP) is 7.19. The Morgan fingerprint density at radius 2 is 1.35 bits per heavy atom. The number of nitrogens with zero attached hydrogens (tertiary/aromatic N) is 6. The highest BCUT2D eigenvalue weighted by molar-refractivity contribution is 5.70. The molecule has 280 valence electrons. The summed E-state index contributed by atoms with van der Waals surface area (Å²) in [4.78, 5) is 4.85. The van der Waals surface area contributed by atoms with E-state index in [2.05, 4.69) is 72.7 Å². The Bertz CT molecular complexity index is 2240. The number of hydrogen-bond donors (Lipinski definition) is 4. The molecule has 0 spiro atoms. The van der Waals surface area contributed by atoms with E-state index in [1.54, 1.807) is 18.2 Å². The second-order valence-corrected chi connectivity index (χ2v) is 14.6. The number of benzene rings is 4. The number of phenols is 2. The molecule has 2 aromatic heterocycles. The number of aromatic nitrogens is 4. The van der Waals surface area contributed by atoms with Gasteiger partial charge in [0.25, 0.3) is 0 Å². The molecule has 0 amide bonds. The summed E-state index contributed by atoms with van der Waals surface area (Å²) in [5, 5.41) is 39.3. The van der Waals surface area contributed by atoms with Crippen LogP contribution in [0.4, 0.5) is 11.6 Å². The summed E-state index contributed by atoms with van der Waals surface area (Å²) in [7, 11) is 0. The van der Waals surface area contributed by atoms with Crippen molar-refractivity contribution in [1.82, 2.24) is 30.2 Å². The Kier molecular flexibility index (Phi) is 10.6. The molecule has 0 bridgehead atoms. The molecule has 11 nitrogen and oxygen atoms in total. The van der Waals surface area contributed by atoms with Crippen molar-refractivity contribution >= 4 is 11.6 Å². The van der Waals surface area contributed by atoms with E-state index in [1.165, 1.54) is 5.56 Å². The molecule has 0 aliphatic carbocycles. The molecule has 2 saturated heterocycles. The van der Waals surface area contributed by atoms with Crippen molar-refractivity contribution in [3.63, 3.8) is 0 Å². The summed E-state index contributed by atoms with van der Waals surface area (Å²) in [6, 6.07) is 37.3. The van der Waals surface area contributed by atoms with E-state index in [4.69, 9.17) is 16.2 Å². The SMILES string of the molecule is Nc1nnc(-c2ccc(C(c3ccccc3)N3CCCC(c4cc(-c5ccccc5O)nnc4N)C3)cc2O)cc1OC1CCCN(Cc2ccccc2)C1. The van der Waals surface area contributed by atoms with Crippen LogP contribution in [0.1, 0.15) is 59.9 Å². The largest absolute Gasteiger partial charge is 0.507 e. The summed E-state index contributed by atoms with van der Waals surface area (Å²) >= 11 is 0. The highest BCUT2D eigenvalue weighted by atomic mass is 16.5. The molecule has 6 N–H and O–H groups in total. The van der Waals surface area contributed by atoms with Crippen molar-refractivity contribution in [1.29, 1.82) is 0 Å². The van der Waals surface area contributed by atoms with Gasteiger partial charge in [0, 0.05) is 48.3 Å². The fraction of sp³-hybridized carbons (Fsp3) is 0.273. The number of likely N-dealkylation sites (tertiary alicyclic amines) is 2. The van der Waals surface area contributed by atoms with Crippen molar-refractivity contribution in [2.24, 2.45) is 0 Å². The number of phenolic OH excluding ortho intramolecular Hbond substituents is 2. The van der Waals surface area contributed by atoms with E-state index in [-0.39, 0.29) is 35.4 Å². The standard InChI is InChI=1S/C44H46N8O3/c45-43-36(24-37(47-49-43)34-17-7-8-18-39(34)53)32-15-9-22-52(27-32)42(30-13-5-2-6-14-30)31-19-20-35(40(54)23-31)38-25-41(44(46)50-48-38)55-33-16-10-21-51(28-33)26-29-11-3-1-4-12-29/h1-8,11-14,17-20,23-25,32-33,42,53-54H,9-10,15-16,21-22,26-28H2,(H2,45,49)(H2,46,50). The average Bonchev–Trinajstić information content (AvgIpc) is 3.21. The fourth-order valence-corrected chi connectivity index (χ4v) is 8.13. The molecule has 2 aliphatic rings. The van der Waals surface area contributed by atoms with E-state index >= 15 is 0 Å². The second-order valence-electron chi connectivity index (χ2n) is 14.6. The molecule has 3 atom stereocenters. The molecular formula is C44H46N8O3. The minimum atomic E-state index is -0.140. The van der Waals surface area contributed by atoms with Crippen molar-refractivity contribution in [3.8, 4) is 39.8 Å². The molecule has 2 aliphatic heterocycles. The maximum atomic E-state index is 11.6. The van der Waals surface area contributed by atoms with E-state index < -0.39 is 0 Å². The number of hydrogen-bond acceptors (Lipinski definition) is 11. The Labute approximate surface area is 321 Å². The predicted molar refractivity (Wildman–Crippen MR) is 214 cm³/mol. The highest BCUT2D eigenvalue weighted by Gasteiger charge is 2.31. The third-order valence-corrected chi connectivity index (χ3v) is 10.8. The van der Waals surface area contributed by atoms with E-state index in [0.29, 0.717) is 40.6 Å². The molecule has 6 aromatic rings. The van der Waals surface area contributed by atoms with Gasteiger partial charge in [0.05, 0.1) is 11.7 Å². The molecule has 3 unspecified atom stereocenters. The Morgan fingerprint density at radius 1 is 0.655 bits per heavy atom. The zero-order valence-corrected chi connectivity index (χ0v) is 30.7. The number of aromatic hydroxyl groups is 2. The lowest BCUT2D eigenvalue weighted by molar-refractivity contribution is 0.0846. The van der Waals surface area contributed by atoms with Gasteiger partial charge in [-0.3, -0.25) is 9.80 Å². The van der Waals surface area contributed by atoms with Crippen LogP contribution in [0.5, 0.6) is 17.2 Å². The summed E-state index contributed by atoms with van der Waals surface area (Å²) < 4.78 is 6.46. The molecule has 55 heavy (non-hydrogen) atoms. The summed E-state index contributed by atoms with van der Waals surface area (Å²) in [5.41, 5.74) is 19.2. The van der Waals surface area contributed by atoms with Crippen LogP contribution < -0.4 is 16.2 Å². The highest BCUT2D eigenvalue weighted by Crippen LogP contribution is 2.41. The summed E-state index contributed by atoms with van der Waals surface area (Å²) in [6.45, 7) is 4.24. The second kappa shape index (κ2) is 16.1. The lowest BCUT2D eigenvalue weighted by Gasteiger charge is -2.39. The van der Waals surface area contributed by atoms with E-state index in [0.717, 1.165) is 68.6 Å². The Balaban J connectivity index is 1.03. The van der Waals surface area contributed by atoms with Gasteiger partial charge in [0.15, 0.2) is 11.6 Å². The molecule has 4 heterocycles. The average molecular weight is 735 g/mol. The van der Waals surface area contributed by atoms with Crippen molar-refractivity contribution in [3.05, 3.63) is 138 Å². The maximum Gasteiger partial charge on any atom is 0.188 e. The van der Waals surface area contributed by atoms with Crippen molar-refractivity contribution in [2.45, 2.75) is 50.3 Å². The van der Waals surface area contributed by atoms with Crippen molar-refractivity contribution < 1.29 is 14.9 Å². The maximum absolute atomic E-state index is 11.6. The van der Waals surface area contributed by atoms with Crippen LogP contribution in [-0.2, 0) is 6.54 Å². The number of nitrogen functional groups attached to an aromatic ring is 2. The molecule has 0 saturated carbocycles. The minimum Gasteiger partial charge on any atom is -0.507 e. The van der Waals surface area contributed by atoms with Gasteiger partial charge in [-0.15, -0.1) is 20.4 Å². The zero-order valence-electron chi connectivity index (χ0n) is 30.7. The fourth-order valence-electron chi connectivity index (χ4n) is 8.13. The number of ether oxygens (including phenoxy) is 1. The quantitative estimate of drug-likeness (QED) is 0.113. The smallest absolute Gasteiger partial charge is 0.188 e. The monoisotopic (exact) mass is 734 g/mol. The first-order valence-electron chi connectivity index (χ1n) is 19.0. The van der Waals surface area contributed by atoms with Crippen LogP contribution in [0.2, 0.25) is 0 Å². The number of rotatable bonds is 10. The lowest BCUT2D eigenvalue weighted by Crippen LogP contribution is -2.40. The molecule has 2 fully saturated rings. The topological polar surface area (TPSA) is 160 Å². The number of piperidine rings is 2. The first kappa shape index (κ1) is 36.0. The molecule has 4 aromatic carbocycles. The molecule has 0 radical (unpaired) electrons. The summed E-state index contributed by atoms with van der Waals surface area (Å²) in [6.07, 6.45) is 3.79. The van der Waals surface area contributed by atoms with Gasteiger partial charge in [0.1, 0.15) is 29.1 Å². The Morgan fingerprint density at radius 3 is 2.13 bits per heavy atom. The van der Waals surface area contributed by atoms with Gasteiger partial charge < -0.3 is 26.4 Å². The number of para-hydroxylation sites is 1. The van der Waals surface area contributed by atoms with Crippen LogP contribution in [0, 0.1) is 0 Å². The van der Waals surface area contributed by atoms with Crippen LogP contribution in [-0.4, -0.2) is 72.7 Å². The van der Waals surface area contributed by atoms with Gasteiger partial charge in [0.2, 0.25) is 0 Å². The first-order chi connectivity index (χ1) is 26.9. The van der Waals surface area contributed by atoms with E-state index in [1.807, 2.05) is 54.6 Å². The van der Waals surface area contributed by atoms with Crippen molar-refractivity contribution in [2.75, 3.05) is 37.6 Å². The van der Waals surface area contributed by atoms with Crippen LogP contribution in [0.25, 0.3) is 22.5 Å².